The second-order valence-electron chi connectivity index (χ2n) is 16.0. The van der Waals surface area contributed by atoms with E-state index in [1.807, 2.05) is 84.0 Å². The van der Waals surface area contributed by atoms with Crippen molar-refractivity contribution in [2.24, 2.45) is 0 Å². The minimum atomic E-state index is 0.291. The second kappa shape index (κ2) is 17.3. The molecule has 0 aliphatic carbocycles. The minimum absolute atomic E-state index is 0.291. The number of nitrogens with one attached hydrogen (secondary N) is 2. The van der Waals surface area contributed by atoms with Gasteiger partial charge < -0.3 is 32.3 Å². The SMILES string of the molecule is Cc1cc(C)c2c(N)nc(NC3CCN(Cc4c(C)cccc4O)CC3)nc2n1.Cc1cc(C)c2c(N)nc(NC3CCN(Cc4cccc(C)c4O)CC3)nc2n1. The summed E-state index contributed by atoms with van der Waals surface area (Å²) >= 11 is 0. The number of nitrogens with two attached hydrogens (primary N) is 2. The summed E-state index contributed by atoms with van der Waals surface area (Å²) in [6.07, 6.45) is 3.92. The maximum absolute atomic E-state index is 10.3. The molecule has 2 aliphatic rings. The van der Waals surface area contributed by atoms with Crippen LogP contribution in [0.4, 0.5) is 23.5 Å². The normalized spacial score (nSPS) is 15.7. The number of likely N-dealkylation sites (tertiary alicyclic amines) is 2. The zero-order chi connectivity index (χ0) is 41.1. The van der Waals surface area contributed by atoms with Gasteiger partial charge in [-0.2, -0.15) is 19.9 Å². The Kier molecular flexibility index (Phi) is 12.1. The Morgan fingerprint density at radius 2 is 1.05 bits per heavy atom. The van der Waals surface area contributed by atoms with Crippen molar-refractivity contribution < 1.29 is 10.2 Å². The molecule has 6 heterocycles. The van der Waals surface area contributed by atoms with Gasteiger partial charge in [0.15, 0.2) is 11.3 Å². The molecule has 0 saturated carbocycles. The fourth-order valence-electron chi connectivity index (χ4n) is 8.19. The number of rotatable bonds is 8. The lowest BCUT2D eigenvalue weighted by Gasteiger charge is -2.32. The highest BCUT2D eigenvalue weighted by molar-refractivity contribution is 5.90. The van der Waals surface area contributed by atoms with Gasteiger partial charge in [-0.15, -0.1) is 0 Å². The molecular formula is C44H56N12O2. The lowest BCUT2D eigenvalue weighted by molar-refractivity contribution is 0.208. The number of aromatic hydroxyl groups is 2. The molecule has 14 nitrogen and oxygen atoms in total. The molecular weight excluding hydrogens is 729 g/mol. The largest absolute Gasteiger partial charge is 0.508 e. The summed E-state index contributed by atoms with van der Waals surface area (Å²) in [7, 11) is 0. The zero-order valence-corrected chi connectivity index (χ0v) is 34.5. The number of piperidine rings is 2. The van der Waals surface area contributed by atoms with E-state index in [0.717, 1.165) is 120 Å². The average Bonchev–Trinajstić information content (AvgIpc) is 3.16. The van der Waals surface area contributed by atoms with Gasteiger partial charge in [-0.3, -0.25) is 9.80 Å². The van der Waals surface area contributed by atoms with Crippen LogP contribution >= 0.6 is 0 Å². The third kappa shape index (κ3) is 9.29. The van der Waals surface area contributed by atoms with Crippen LogP contribution in [0.2, 0.25) is 0 Å². The van der Waals surface area contributed by atoms with E-state index >= 15 is 0 Å². The lowest BCUT2D eigenvalue weighted by atomic mass is 10.0. The summed E-state index contributed by atoms with van der Waals surface area (Å²) in [5.41, 5.74) is 21.6. The van der Waals surface area contributed by atoms with Gasteiger partial charge in [-0.25, -0.2) is 9.97 Å². The zero-order valence-electron chi connectivity index (χ0n) is 34.5. The number of anilines is 4. The summed E-state index contributed by atoms with van der Waals surface area (Å²) in [4.78, 5) is 31.9. The van der Waals surface area contributed by atoms with E-state index in [1.54, 1.807) is 6.07 Å². The average molecular weight is 785 g/mol. The van der Waals surface area contributed by atoms with Crippen molar-refractivity contribution in [3.05, 3.63) is 93.3 Å². The van der Waals surface area contributed by atoms with Crippen molar-refractivity contribution in [2.45, 2.75) is 92.4 Å². The topological polar surface area (TPSA) is 200 Å². The van der Waals surface area contributed by atoms with Gasteiger partial charge in [0.25, 0.3) is 0 Å². The number of hydrogen-bond acceptors (Lipinski definition) is 14. The molecule has 0 radical (unpaired) electrons. The van der Waals surface area contributed by atoms with E-state index in [1.165, 1.54) is 0 Å². The number of hydrogen-bond donors (Lipinski definition) is 6. The van der Waals surface area contributed by atoms with Gasteiger partial charge in [-0.1, -0.05) is 30.3 Å². The molecule has 58 heavy (non-hydrogen) atoms. The van der Waals surface area contributed by atoms with E-state index in [9.17, 15) is 10.2 Å². The third-order valence-electron chi connectivity index (χ3n) is 11.4. The smallest absolute Gasteiger partial charge is 0.226 e. The van der Waals surface area contributed by atoms with Gasteiger partial charge in [0.05, 0.1) is 10.8 Å². The number of phenols is 2. The van der Waals surface area contributed by atoms with Gasteiger partial charge >= 0.3 is 0 Å². The van der Waals surface area contributed by atoms with Gasteiger partial charge in [0.1, 0.15) is 23.1 Å². The summed E-state index contributed by atoms with van der Waals surface area (Å²) in [6.45, 7) is 17.2. The molecule has 0 atom stereocenters. The van der Waals surface area contributed by atoms with Crippen molar-refractivity contribution in [1.82, 2.24) is 39.7 Å². The Hall–Kier alpha value is -5.86. The Labute approximate surface area is 340 Å². The highest BCUT2D eigenvalue weighted by Gasteiger charge is 2.23. The summed E-state index contributed by atoms with van der Waals surface area (Å²) in [5.74, 6) is 2.81. The molecule has 2 fully saturated rings. The number of nitrogens with zero attached hydrogens (tertiary/aromatic N) is 8. The Morgan fingerprint density at radius 1 is 0.586 bits per heavy atom. The second-order valence-corrected chi connectivity index (χ2v) is 16.0. The number of aryl methyl sites for hydroxylation is 6. The monoisotopic (exact) mass is 784 g/mol. The van der Waals surface area contributed by atoms with Crippen LogP contribution in [-0.4, -0.2) is 88.2 Å². The van der Waals surface area contributed by atoms with E-state index < -0.39 is 0 Å². The first-order valence-corrected chi connectivity index (χ1v) is 20.2. The summed E-state index contributed by atoms with van der Waals surface area (Å²) in [5, 5.41) is 28.9. The first-order chi connectivity index (χ1) is 27.8. The molecule has 0 unspecified atom stereocenters. The standard InChI is InChI=1S/2C22H28N6O/c1-13-5-4-6-18(29)17(13)12-28-9-7-16(8-10-28)25-22-26-20(23)19-14(2)11-15(3)24-21(19)27-22;1-13-5-4-6-16(19(13)29)12-28-9-7-17(8-10-28)25-22-26-20(23)18-14(2)11-15(3)24-21(18)27-22/h4-6,11,16,29H,7-10,12H2,1-3H3,(H3,23,24,25,26,27);4-6,11,17,29H,7-10,12H2,1-3H3,(H3,23,24,25,26,27). The lowest BCUT2D eigenvalue weighted by Crippen LogP contribution is -2.39. The number of phenolic OH excluding ortho intramolecular Hbond substituents is 2. The maximum Gasteiger partial charge on any atom is 0.226 e. The molecule has 304 valence electrons. The molecule has 0 bridgehead atoms. The van der Waals surface area contributed by atoms with Crippen LogP contribution in [-0.2, 0) is 13.1 Å². The highest BCUT2D eigenvalue weighted by Crippen LogP contribution is 2.28. The van der Waals surface area contributed by atoms with Crippen molar-refractivity contribution in [3.8, 4) is 11.5 Å². The third-order valence-corrected chi connectivity index (χ3v) is 11.4. The first kappa shape index (κ1) is 40.3. The molecule has 0 amide bonds. The molecule has 8 N–H and O–H groups in total. The fourth-order valence-corrected chi connectivity index (χ4v) is 8.19. The van der Waals surface area contributed by atoms with Crippen molar-refractivity contribution in [2.75, 3.05) is 48.3 Å². The predicted molar refractivity (Wildman–Crippen MR) is 232 cm³/mol. The van der Waals surface area contributed by atoms with E-state index in [-0.39, 0.29) is 0 Å². The summed E-state index contributed by atoms with van der Waals surface area (Å²) in [6, 6.07) is 16.2. The van der Waals surface area contributed by atoms with Crippen LogP contribution in [0.3, 0.4) is 0 Å². The number of fused-ring (bicyclic) bond motifs is 2. The quantitative estimate of drug-likeness (QED) is 0.0961. The highest BCUT2D eigenvalue weighted by atomic mass is 16.3. The van der Waals surface area contributed by atoms with E-state index in [4.69, 9.17) is 11.5 Å². The number of pyridine rings is 2. The molecule has 4 aromatic heterocycles. The molecule has 0 spiro atoms. The van der Waals surface area contributed by atoms with E-state index in [2.05, 4.69) is 50.3 Å². The first-order valence-electron chi connectivity index (χ1n) is 20.2. The maximum atomic E-state index is 10.3. The molecule has 8 rings (SSSR count). The minimum Gasteiger partial charge on any atom is -0.508 e. The molecule has 6 aromatic rings. The Bertz CT molecular complexity index is 2400. The van der Waals surface area contributed by atoms with Crippen molar-refractivity contribution in [1.29, 1.82) is 0 Å². The number of aromatic nitrogens is 6. The number of para-hydroxylation sites is 1. The van der Waals surface area contributed by atoms with Crippen LogP contribution in [0, 0.1) is 41.5 Å². The predicted octanol–water partition coefficient (Wildman–Crippen LogP) is 6.63. The van der Waals surface area contributed by atoms with Crippen LogP contribution in [0.5, 0.6) is 11.5 Å². The van der Waals surface area contributed by atoms with Gasteiger partial charge in [0.2, 0.25) is 11.9 Å². The van der Waals surface area contributed by atoms with Crippen LogP contribution in [0.15, 0.2) is 48.5 Å². The summed E-state index contributed by atoms with van der Waals surface area (Å²) < 4.78 is 0. The fraction of sp³-hybridized carbons (Fsp3) is 0.409. The van der Waals surface area contributed by atoms with Crippen LogP contribution in [0.1, 0.15) is 70.5 Å². The molecule has 14 heteroatoms. The van der Waals surface area contributed by atoms with Gasteiger partial charge in [-0.05, 0) is 108 Å². The Balaban J connectivity index is 0.000000177. The van der Waals surface area contributed by atoms with Crippen LogP contribution in [0.25, 0.3) is 22.1 Å². The molecule has 2 aromatic carbocycles. The number of benzene rings is 2. The van der Waals surface area contributed by atoms with E-state index in [0.29, 0.717) is 58.4 Å². The Morgan fingerprint density at radius 3 is 1.55 bits per heavy atom. The van der Waals surface area contributed by atoms with Crippen LogP contribution < -0.4 is 22.1 Å². The van der Waals surface area contributed by atoms with Crippen molar-refractivity contribution in [3.63, 3.8) is 0 Å². The molecule has 2 aliphatic heterocycles. The molecule has 2 saturated heterocycles. The van der Waals surface area contributed by atoms with Crippen molar-refractivity contribution >= 4 is 45.6 Å². The number of nitrogen functional groups attached to an aromatic ring is 2. The van der Waals surface area contributed by atoms with Gasteiger partial charge in [0, 0.05) is 73.9 Å².